The van der Waals surface area contributed by atoms with Crippen LogP contribution in [0.15, 0.2) is 30.6 Å². The summed E-state index contributed by atoms with van der Waals surface area (Å²) in [5.74, 6) is 1.09. The van der Waals surface area contributed by atoms with Gasteiger partial charge in [0.1, 0.15) is 0 Å². The summed E-state index contributed by atoms with van der Waals surface area (Å²) in [7, 11) is 0. The first kappa shape index (κ1) is 17.0. The lowest BCUT2D eigenvalue weighted by atomic mass is 10.1. The summed E-state index contributed by atoms with van der Waals surface area (Å²) in [6, 6.07) is 6.24. The minimum atomic E-state index is 0.465. The molecule has 1 saturated carbocycles. The van der Waals surface area contributed by atoms with E-state index < -0.39 is 0 Å². The second-order valence-electron chi connectivity index (χ2n) is 6.40. The lowest BCUT2D eigenvalue weighted by Gasteiger charge is -2.05. The third-order valence-corrected chi connectivity index (χ3v) is 4.61. The molecule has 0 bridgehead atoms. The molecular formula is C20H24ClN3. The molecule has 0 unspecified atom stereocenters. The highest BCUT2D eigenvalue weighted by molar-refractivity contribution is 6.34. The van der Waals surface area contributed by atoms with Gasteiger partial charge in [0.25, 0.3) is 0 Å². The topological polar surface area (TPSA) is 41.6 Å². The van der Waals surface area contributed by atoms with Crippen LogP contribution in [0.2, 0.25) is 5.02 Å². The highest BCUT2D eigenvalue weighted by atomic mass is 35.5. The third kappa shape index (κ3) is 3.32. The molecule has 126 valence electrons. The number of H-pyrrole nitrogens is 1. The van der Waals surface area contributed by atoms with Gasteiger partial charge in [0.05, 0.1) is 22.6 Å². The van der Waals surface area contributed by atoms with Crippen molar-refractivity contribution in [1.82, 2.24) is 15.0 Å². The first-order valence-electron chi connectivity index (χ1n) is 8.76. The Hall–Kier alpha value is -1.87. The maximum Gasteiger partial charge on any atom is 0.0901 e. The van der Waals surface area contributed by atoms with Crippen molar-refractivity contribution in [1.29, 1.82) is 0 Å². The van der Waals surface area contributed by atoms with Crippen molar-refractivity contribution in [2.45, 2.75) is 52.4 Å². The summed E-state index contributed by atoms with van der Waals surface area (Å²) in [5, 5.41) is 1.86. The summed E-state index contributed by atoms with van der Waals surface area (Å²) in [6.45, 7) is 8.35. The quantitative estimate of drug-likeness (QED) is 0.606. The summed E-state index contributed by atoms with van der Waals surface area (Å²) in [4.78, 5) is 12.6. The van der Waals surface area contributed by atoms with Gasteiger partial charge >= 0.3 is 0 Å². The Morgan fingerprint density at radius 3 is 2.42 bits per heavy atom. The third-order valence-electron chi connectivity index (χ3n) is 4.29. The molecule has 1 fully saturated rings. The molecule has 0 amide bonds. The van der Waals surface area contributed by atoms with Crippen molar-refractivity contribution in [3.8, 4) is 11.3 Å². The van der Waals surface area contributed by atoms with Crippen LogP contribution < -0.4 is 0 Å². The van der Waals surface area contributed by atoms with Crippen LogP contribution in [0.1, 0.15) is 63.8 Å². The Labute approximate surface area is 148 Å². The van der Waals surface area contributed by atoms with E-state index in [4.69, 9.17) is 11.6 Å². The molecule has 0 saturated heterocycles. The van der Waals surface area contributed by atoms with Crippen molar-refractivity contribution >= 4 is 22.5 Å². The maximum absolute atomic E-state index is 6.46. The smallest absolute Gasteiger partial charge is 0.0901 e. The van der Waals surface area contributed by atoms with Gasteiger partial charge in [-0.15, -0.1) is 0 Å². The van der Waals surface area contributed by atoms with Crippen molar-refractivity contribution < 1.29 is 0 Å². The van der Waals surface area contributed by atoms with Gasteiger partial charge < -0.3 is 4.98 Å². The van der Waals surface area contributed by atoms with E-state index in [1.165, 1.54) is 18.5 Å². The second kappa shape index (κ2) is 6.94. The molecule has 0 spiro atoms. The molecular weight excluding hydrogens is 318 g/mol. The average Bonchev–Trinajstić information content (AvgIpc) is 3.36. The highest BCUT2D eigenvalue weighted by Gasteiger charge is 2.25. The first-order chi connectivity index (χ1) is 11.6. The van der Waals surface area contributed by atoms with E-state index in [0.717, 1.165) is 32.9 Å². The van der Waals surface area contributed by atoms with Crippen molar-refractivity contribution in [2.24, 2.45) is 0 Å². The molecule has 1 aliphatic rings. The molecule has 1 aromatic carbocycles. The van der Waals surface area contributed by atoms with Gasteiger partial charge in [-0.25, -0.2) is 0 Å². The predicted octanol–water partition coefficient (Wildman–Crippen LogP) is 6.31. The van der Waals surface area contributed by atoms with Gasteiger partial charge in [-0.05, 0) is 37.0 Å². The Morgan fingerprint density at radius 1 is 1.08 bits per heavy atom. The summed E-state index contributed by atoms with van der Waals surface area (Å²) < 4.78 is 0. The van der Waals surface area contributed by atoms with Crippen molar-refractivity contribution in [3.05, 3.63) is 47.0 Å². The van der Waals surface area contributed by atoms with E-state index in [1.807, 2.05) is 32.3 Å². The van der Waals surface area contributed by atoms with E-state index >= 15 is 0 Å². The summed E-state index contributed by atoms with van der Waals surface area (Å²) in [6.07, 6.45) is 6.21. The van der Waals surface area contributed by atoms with Crippen LogP contribution in [0.5, 0.6) is 0 Å². The molecule has 0 aliphatic heterocycles. The Bertz CT molecular complexity index is 830. The molecule has 2 aromatic heterocycles. The number of nitrogens with zero attached hydrogens (tertiary/aromatic N) is 2. The standard InChI is InChI=1S/C18H18ClN3.C2H6/c1-10(2)15-6-12-5-14(19)13(7-16(12)22-15)18-9-20-17(8-21-18)11-3-4-11;1-2/h5-11,22H,3-4H2,1-2H3;1-2H3. The fraction of sp³-hybridized carbons (Fsp3) is 0.400. The molecule has 0 atom stereocenters. The normalized spacial score (nSPS) is 13.9. The molecule has 0 radical (unpaired) electrons. The maximum atomic E-state index is 6.46. The number of aromatic amines is 1. The Morgan fingerprint density at radius 2 is 1.83 bits per heavy atom. The van der Waals surface area contributed by atoms with Crippen molar-refractivity contribution in [2.75, 3.05) is 0 Å². The van der Waals surface area contributed by atoms with Crippen LogP contribution in [0, 0.1) is 0 Å². The van der Waals surface area contributed by atoms with Crippen LogP contribution in [-0.2, 0) is 0 Å². The average molecular weight is 342 g/mol. The molecule has 4 heteroatoms. The number of fused-ring (bicyclic) bond motifs is 1. The number of nitrogens with one attached hydrogen (secondary N) is 1. The van der Waals surface area contributed by atoms with Crippen LogP contribution in [0.3, 0.4) is 0 Å². The van der Waals surface area contributed by atoms with Gasteiger partial charge in [-0.3, -0.25) is 9.97 Å². The van der Waals surface area contributed by atoms with Crippen LogP contribution in [-0.4, -0.2) is 15.0 Å². The zero-order valence-electron chi connectivity index (χ0n) is 14.7. The van der Waals surface area contributed by atoms with Crippen LogP contribution in [0.4, 0.5) is 0 Å². The van der Waals surface area contributed by atoms with E-state index in [2.05, 4.69) is 40.9 Å². The fourth-order valence-corrected chi connectivity index (χ4v) is 3.02. The molecule has 1 aliphatic carbocycles. The Balaban J connectivity index is 0.000000815. The minimum Gasteiger partial charge on any atom is -0.358 e. The number of halogens is 1. The number of hydrogen-bond donors (Lipinski definition) is 1. The van der Waals surface area contributed by atoms with Gasteiger partial charge in [0, 0.05) is 34.3 Å². The monoisotopic (exact) mass is 341 g/mol. The van der Waals surface area contributed by atoms with E-state index in [0.29, 0.717) is 11.8 Å². The van der Waals surface area contributed by atoms with E-state index in [-0.39, 0.29) is 0 Å². The summed E-state index contributed by atoms with van der Waals surface area (Å²) in [5.41, 5.74) is 5.18. The largest absolute Gasteiger partial charge is 0.358 e. The predicted molar refractivity (Wildman–Crippen MR) is 102 cm³/mol. The van der Waals surface area contributed by atoms with Gasteiger partial charge in [-0.1, -0.05) is 39.3 Å². The SMILES string of the molecule is CC.CC(C)c1cc2cc(Cl)c(-c3cnc(C4CC4)cn3)cc2[nH]1. The highest BCUT2D eigenvalue weighted by Crippen LogP contribution is 2.39. The van der Waals surface area contributed by atoms with Gasteiger partial charge in [0.15, 0.2) is 0 Å². The second-order valence-corrected chi connectivity index (χ2v) is 6.81. The lowest BCUT2D eigenvalue weighted by Crippen LogP contribution is -1.91. The zero-order chi connectivity index (χ0) is 17.3. The molecule has 24 heavy (non-hydrogen) atoms. The Kier molecular flexibility index (Phi) is 4.91. The minimum absolute atomic E-state index is 0.465. The van der Waals surface area contributed by atoms with E-state index in [1.54, 1.807) is 0 Å². The van der Waals surface area contributed by atoms with E-state index in [9.17, 15) is 0 Å². The molecule has 1 N–H and O–H groups in total. The fourth-order valence-electron chi connectivity index (χ4n) is 2.75. The lowest BCUT2D eigenvalue weighted by molar-refractivity contribution is 0.836. The molecule has 3 nitrogen and oxygen atoms in total. The van der Waals surface area contributed by atoms with Crippen molar-refractivity contribution in [3.63, 3.8) is 0 Å². The molecule has 4 rings (SSSR count). The number of hydrogen-bond acceptors (Lipinski definition) is 2. The zero-order valence-corrected chi connectivity index (χ0v) is 15.5. The van der Waals surface area contributed by atoms with Crippen LogP contribution >= 0.6 is 11.6 Å². The number of benzene rings is 1. The first-order valence-corrected chi connectivity index (χ1v) is 9.14. The summed E-state index contributed by atoms with van der Waals surface area (Å²) >= 11 is 6.46. The van der Waals surface area contributed by atoms with Gasteiger partial charge in [-0.2, -0.15) is 0 Å². The van der Waals surface area contributed by atoms with Gasteiger partial charge in [0.2, 0.25) is 0 Å². The molecule has 2 heterocycles. The van der Waals surface area contributed by atoms with Crippen LogP contribution in [0.25, 0.3) is 22.2 Å². The molecule has 3 aromatic rings. The number of aromatic nitrogens is 3. The number of rotatable bonds is 3.